The lowest BCUT2D eigenvalue weighted by atomic mass is 9.96. The van der Waals surface area contributed by atoms with E-state index >= 15 is 0 Å². The van der Waals surface area contributed by atoms with Crippen molar-refractivity contribution in [3.05, 3.63) is 62.6 Å². The van der Waals surface area contributed by atoms with E-state index in [1.807, 2.05) is 33.8 Å². The summed E-state index contributed by atoms with van der Waals surface area (Å²) in [7, 11) is -3.74. The minimum atomic E-state index is -3.74. The van der Waals surface area contributed by atoms with Gasteiger partial charge >= 0.3 is 0 Å². The molecule has 158 valence electrons. The normalized spacial score (nSPS) is 13.7. The van der Waals surface area contributed by atoms with E-state index in [1.165, 1.54) is 23.8 Å². The number of sulfonamides is 1. The molecule has 0 unspecified atom stereocenters. The fourth-order valence-corrected chi connectivity index (χ4v) is 4.75. The summed E-state index contributed by atoms with van der Waals surface area (Å²) < 4.78 is 25.9. The van der Waals surface area contributed by atoms with Crippen LogP contribution in [-0.4, -0.2) is 26.6 Å². The van der Waals surface area contributed by atoms with Crippen molar-refractivity contribution >= 4 is 44.8 Å². The smallest absolute Gasteiger partial charge is 0.244 e. The molecule has 2 atom stereocenters. The van der Waals surface area contributed by atoms with E-state index < -0.39 is 22.0 Å². The number of rotatable bonds is 6. The van der Waals surface area contributed by atoms with Gasteiger partial charge in [-0.1, -0.05) is 35.3 Å². The van der Waals surface area contributed by atoms with Crippen molar-refractivity contribution in [1.82, 2.24) is 5.32 Å². The van der Waals surface area contributed by atoms with Crippen molar-refractivity contribution in [3.8, 4) is 0 Å². The summed E-state index contributed by atoms with van der Waals surface area (Å²) in [5, 5.41) is 3.45. The average molecular weight is 457 g/mol. The second-order valence-corrected chi connectivity index (χ2v) is 10.0. The van der Waals surface area contributed by atoms with Crippen LogP contribution in [0.2, 0.25) is 10.0 Å². The Morgan fingerprint density at radius 2 is 1.55 bits per heavy atom. The van der Waals surface area contributed by atoms with Crippen molar-refractivity contribution in [2.45, 2.75) is 46.7 Å². The first kappa shape index (κ1) is 23.5. The number of amides is 1. The first-order valence-electron chi connectivity index (χ1n) is 9.15. The molecule has 1 amide bonds. The number of carbonyl (C=O) groups is 1. The molecule has 2 aromatic carbocycles. The Labute approximate surface area is 183 Å². The van der Waals surface area contributed by atoms with Crippen LogP contribution >= 0.6 is 23.2 Å². The number of nitrogens with zero attached hydrogens (tertiary/aromatic N) is 1. The van der Waals surface area contributed by atoms with Gasteiger partial charge in [-0.15, -0.1) is 0 Å². The number of halogens is 2. The van der Waals surface area contributed by atoms with Gasteiger partial charge in [-0.25, -0.2) is 8.42 Å². The molecule has 0 heterocycles. The topological polar surface area (TPSA) is 66.5 Å². The molecule has 0 saturated carbocycles. The number of aryl methyl sites for hydroxylation is 3. The second kappa shape index (κ2) is 8.94. The van der Waals surface area contributed by atoms with Gasteiger partial charge in [0, 0.05) is 0 Å². The summed E-state index contributed by atoms with van der Waals surface area (Å²) in [6, 6.07) is 7.34. The van der Waals surface area contributed by atoms with Crippen LogP contribution in [0.1, 0.15) is 42.1 Å². The second-order valence-electron chi connectivity index (χ2n) is 7.36. The van der Waals surface area contributed by atoms with Crippen LogP contribution < -0.4 is 9.62 Å². The van der Waals surface area contributed by atoms with E-state index in [-0.39, 0.29) is 16.8 Å². The Morgan fingerprint density at radius 1 is 0.966 bits per heavy atom. The third-order valence-corrected chi connectivity index (χ3v) is 6.93. The number of hydrogen-bond acceptors (Lipinski definition) is 3. The first-order valence-corrected chi connectivity index (χ1v) is 11.8. The molecule has 29 heavy (non-hydrogen) atoms. The van der Waals surface area contributed by atoms with Crippen LogP contribution in [0.15, 0.2) is 30.3 Å². The van der Waals surface area contributed by atoms with Gasteiger partial charge in [0.1, 0.15) is 6.04 Å². The Bertz CT molecular complexity index is 1040. The van der Waals surface area contributed by atoms with E-state index in [9.17, 15) is 13.2 Å². The molecule has 0 spiro atoms. The highest BCUT2D eigenvalue weighted by Crippen LogP contribution is 2.30. The molecule has 2 aromatic rings. The zero-order valence-electron chi connectivity index (χ0n) is 17.4. The highest BCUT2D eigenvalue weighted by molar-refractivity contribution is 7.92. The summed E-state index contributed by atoms with van der Waals surface area (Å²) >= 11 is 12.0. The highest BCUT2D eigenvalue weighted by atomic mass is 35.5. The van der Waals surface area contributed by atoms with Gasteiger partial charge < -0.3 is 5.32 Å². The molecular weight excluding hydrogens is 431 g/mol. The molecular formula is C21H26Cl2N2O3S. The van der Waals surface area contributed by atoms with Gasteiger partial charge in [0.05, 0.1) is 28.0 Å². The van der Waals surface area contributed by atoms with E-state index in [2.05, 4.69) is 11.4 Å². The maximum absolute atomic E-state index is 12.9. The van der Waals surface area contributed by atoms with E-state index in [0.29, 0.717) is 5.02 Å². The molecule has 0 aliphatic carbocycles. The Hall–Kier alpha value is -1.76. The Kier molecular flexibility index (Phi) is 7.25. The van der Waals surface area contributed by atoms with Crippen LogP contribution in [0.25, 0.3) is 0 Å². The summed E-state index contributed by atoms with van der Waals surface area (Å²) in [4.78, 5) is 12.9. The number of benzene rings is 2. The third-order valence-electron chi connectivity index (χ3n) is 4.95. The standard InChI is InChI=1S/C21H26Cl2N2O3S/c1-12-9-14(3)18(10-13(12)2)15(4)24-21(26)16(5)25(29(6,27)28)17-7-8-19(22)20(23)11-17/h7-11,15-16H,1-6H3,(H,24,26)/t15-,16+/m0/s1. The number of nitrogens with one attached hydrogen (secondary N) is 1. The first-order chi connectivity index (χ1) is 13.3. The average Bonchev–Trinajstić information content (AvgIpc) is 2.59. The molecule has 2 rings (SSSR count). The molecule has 0 bridgehead atoms. The molecule has 0 aliphatic rings. The molecule has 0 fully saturated rings. The summed E-state index contributed by atoms with van der Waals surface area (Å²) in [5.74, 6) is -0.411. The van der Waals surface area contributed by atoms with Crippen LogP contribution in [0, 0.1) is 20.8 Å². The minimum Gasteiger partial charge on any atom is -0.348 e. The predicted molar refractivity (Wildman–Crippen MR) is 120 cm³/mol. The van der Waals surface area contributed by atoms with Crippen LogP contribution in [0.4, 0.5) is 5.69 Å². The van der Waals surface area contributed by atoms with Gasteiger partial charge in [0.2, 0.25) is 15.9 Å². The lowest BCUT2D eigenvalue weighted by molar-refractivity contribution is -0.122. The molecule has 1 N–H and O–H groups in total. The molecule has 5 nitrogen and oxygen atoms in total. The predicted octanol–water partition coefficient (Wildman–Crippen LogP) is 4.95. The van der Waals surface area contributed by atoms with Crippen molar-refractivity contribution in [2.75, 3.05) is 10.6 Å². The fourth-order valence-electron chi connectivity index (χ4n) is 3.29. The quantitative estimate of drug-likeness (QED) is 0.668. The Morgan fingerprint density at radius 3 is 2.10 bits per heavy atom. The van der Waals surface area contributed by atoms with Crippen LogP contribution in [0.3, 0.4) is 0 Å². The van der Waals surface area contributed by atoms with E-state index in [0.717, 1.165) is 27.3 Å². The Balaban J connectivity index is 2.32. The molecule has 0 aromatic heterocycles. The maximum Gasteiger partial charge on any atom is 0.244 e. The fraction of sp³-hybridized carbons (Fsp3) is 0.381. The van der Waals surface area contributed by atoms with Crippen molar-refractivity contribution in [2.24, 2.45) is 0 Å². The third kappa shape index (κ3) is 5.44. The van der Waals surface area contributed by atoms with Crippen molar-refractivity contribution in [3.63, 3.8) is 0 Å². The van der Waals surface area contributed by atoms with Gasteiger partial charge in [0.15, 0.2) is 0 Å². The van der Waals surface area contributed by atoms with E-state index in [1.54, 1.807) is 6.92 Å². The van der Waals surface area contributed by atoms with E-state index in [4.69, 9.17) is 23.2 Å². The van der Waals surface area contributed by atoms with Crippen molar-refractivity contribution in [1.29, 1.82) is 0 Å². The highest BCUT2D eigenvalue weighted by Gasteiger charge is 2.30. The number of carbonyl (C=O) groups excluding carboxylic acids is 1. The lowest BCUT2D eigenvalue weighted by Gasteiger charge is -2.30. The molecule has 0 saturated heterocycles. The SMILES string of the molecule is Cc1cc(C)c([C@H](C)NC(=O)[C@@H](C)N(c2ccc(Cl)c(Cl)c2)S(C)(=O)=O)cc1C. The van der Waals surface area contributed by atoms with Gasteiger partial charge in [-0.2, -0.15) is 0 Å². The summed E-state index contributed by atoms with van der Waals surface area (Å²) in [5.41, 5.74) is 4.65. The monoisotopic (exact) mass is 456 g/mol. The molecule has 0 aliphatic heterocycles. The zero-order chi connectivity index (χ0) is 22.1. The summed E-state index contributed by atoms with van der Waals surface area (Å²) in [6.07, 6.45) is 1.05. The molecule has 8 heteroatoms. The maximum atomic E-state index is 12.9. The zero-order valence-corrected chi connectivity index (χ0v) is 19.7. The van der Waals surface area contributed by atoms with Crippen LogP contribution in [-0.2, 0) is 14.8 Å². The van der Waals surface area contributed by atoms with Gasteiger partial charge in [-0.3, -0.25) is 9.10 Å². The van der Waals surface area contributed by atoms with Gasteiger partial charge in [0.25, 0.3) is 0 Å². The van der Waals surface area contributed by atoms with Gasteiger partial charge in [-0.05, 0) is 75.1 Å². The molecule has 0 radical (unpaired) electrons. The summed E-state index contributed by atoms with van der Waals surface area (Å²) in [6.45, 7) is 9.47. The largest absolute Gasteiger partial charge is 0.348 e. The van der Waals surface area contributed by atoms with Crippen LogP contribution in [0.5, 0.6) is 0 Å². The number of anilines is 1. The van der Waals surface area contributed by atoms with Crippen molar-refractivity contribution < 1.29 is 13.2 Å². The lowest BCUT2D eigenvalue weighted by Crippen LogP contribution is -2.48. The minimum absolute atomic E-state index is 0.213. The number of hydrogen-bond donors (Lipinski definition) is 1.